The van der Waals surface area contributed by atoms with Crippen molar-refractivity contribution in [1.82, 2.24) is 0 Å². The van der Waals surface area contributed by atoms with Gasteiger partial charge in [0, 0.05) is 0 Å². The fraction of sp³-hybridized carbons (Fsp3) is 0.667. The molecule has 2 aliphatic carbocycles. The van der Waals surface area contributed by atoms with E-state index in [1.807, 2.05) is 0 Å². The highest BCUT2D eigenvalue weighted by Gasteiger charge is 2.26. The van der Waals surface area contributed by atoms with Gasteiger partial charge in [0.05, 0.1) is 0 Å². The molecule has 1 nitrogen and oxygen atoms in total. The second kappa shape index (κ2) is 4.33. The van der Waals surface area contributed by atoms with Gasteiger partial charge in [0.2, 0.25) is 0 Å². The molecule has 1 unspecified atom stereocenters. The van der Waals surface area contributed by atoms with Crippen LogP contribution in [0.4, 0.5) is 8.78 Å². The van der Waals surface area contributed by atoms with Crippen LogP contribution >= 0.6 is 0 Å². The molecule has 2 rings (SSSR count). The number of hydrogen-bond acceptors (Lipinski definition) is 1. The average molecular weight is 214 g/mol. The molecule has 0 radical (unpaired) electrons. The second-order valence-corrected chi connectivity index (χ2v) is 4.50. The molecular formula is C12H16F2O. The SMILES string of the molecule is CC1C=C(CC2CC2)C(OC(F)F)=CC1. The summed E-state index contributed by atoms with van der Waals surface area (Å²) in [7, 11) is 0. The quantitative estimate of drug-likeness (QED) is 0.690. The minimum Gasteiger partial charge on any atom is -0.435 e. The van der Waals surface area contributed by atoms with Crippen LogP contribution in [0.15, 0.2) is 23.5 Å². The summed E-state index contributed by atoms with van der Waals surface area (Å²) in [6, 6.07) is 0. The van der Waals surface area contributed by atoms with Crippen LogP contribution in [0.5, 0.6) is 0 Å². The fourth-order valence-corrected chi connectivity index (χ4v) is 1.94. The highest BCUT2D eigenvalue weighted by atomic mass is 19.3. The molecule has 0 heterocycles. The molecule has 1 fully saturated rings. The topological polar surface area (TPSA) is 9.23 Å². The summed E-state index contributed by atoms with van der Waals surface area (Å²) < 4.78 is 28.8. The molecule has 0 aromatic heterocycles. The van der Waals surface area contributed by atoms with Gasteiger partial charge in [-0.3, -0.25) is 0 Å². The summed E-state index contributed by atoms with van der Waals surface area (Å²) in [6.07, 6.45) is 8.05. The van der Waals surface area contributed by atoms with Crippen molar-refractivity contribution in [2.75, 3.05) is 0 Å². The Morgan fingerprint density at radius 2 is 2.20 bits per heavy atom. The van der Waals surface area contributed by atoms with E-state index in [-0.39, 0.29) is 0 Å². The van der Waals surface area contributed by atoms with E-state index in [0.717, 1.165) is 18.4 Å². The third-order valence-electron chi connectivity index (χ3n) is 2.90. The Kier molecular flexibility index (Phi) is 3.08. The van der Waals surface area contributed by atoms with Crippen LogP contribution in [0.3, 0.4) is 0 Å². The predicted molar refractivity (Wildman–Crippen MR) is 54.4 cm³/mol. The van der Waals surface area contributed by atoms with Gasteiger partial charge in [0.25, 0.3) is 0 Å². The molecule has 84 valence electrons. The Hall–Kier alpha value is -0.860. The minimum absolute atomic E-state index is 0.412. The van der Waals surface area contributed by atoms with Gasteiger partial charge in [-0.15, -0.1) is 0 Å². The summed E-state index contributed by atoms with van der Waals surface area (Å²) in [5.74, 6) is 1.56. The molecule has 2 aliphatic rings. The number of halogens is 2. The highest BCUT2D eigenvalue weighted by Crippen LogP contribution is 2.39. The molecule has 0 amide bonds. The molecule has 0 aliphatic heterocycles. The van der Waals surface area contributed by atoms with E-state index in [1.165, 1.54) is 12.8 Å². The van der Waals surface area contributed by atoms with E-state index in [1.54, 1.807) is 6.08 Å². The predicted octanol–water partition coefficient (Wildman–Crippen LogP) is 3.88. The molecule has 0 aromatic carbocycles. The van der Waals surface area contributed by atoms with Crippen molar-refractivity contribution in [1.29, 1.82) is 0 Å². The molecule has 0 spiro atoms. The normalized spacial score (nSPS) is 26.3. The van der Waals surface area contributed by atoms with Gasteiger partial charge >= 0.3 is 6.61 Å². The van der Waals surface area contributed by atoms with Gasteiger partial charge in [-0.2, -0.15) is 8.78 Å². The van der Waals surface area contributed by atoms with Crippen LogP contribution in [0.1, 0.15) is 32.6 Å². The zero-order valence-corrected chi connectivity index (χ0v) is 8.88. The summed E-state index contributed by atoms with van der Waals surface area (Å²) in [6.45, 7) is -0.602. The smallest absolute Gasteiger partial charge is 0.387 e. The van der Waals surface area contributed by atoms with Gasteiger partial charge in [0.15, 0.2) is 0 Å². The van der Waals surface area contributed by atoms with E-state index in [0.29, 0.717) is 17.6 Å². The van der Waals surface area contributed by atoms with Crippen LogP contribution < -0.4 is 0 Å². The first kappa shape index (κ1) is 10.7. The first-order valence-corrected chi connectivity index (χ1v) is 5.51. The van der Waals surface area contributed by atoms with E-state index >= 15 is 0 Å². The Balaban J connectivity index is 2.02. The molecule has 0 saturated heterocycles. The van der Waals surface area contributed by atoms with Crippen LogP contribution in [0.25, 0.3) is 0 Å². The van der Waals surface area contributed by atoms with Crippen LogP contribution in [0, 0.1) is 11.8 Å². The first-order valence-electron chi connectivity index (χ1n) is 5.51. The Morgan fingerprint density at radius 1 is 1.47 bits per heavy atom. The van der Waals surface area contributed by atoms with Gasteiger partial charge in [-0.05, 0) is 49.2 Å². The molecule has 1 atom stereocenters. The summed E-state index contributed by atoms with van der Waals surface area (Å²) in [5.41, 5.74) is 0.983. The van der Waals surface area contributed by atoms with Crippen molar-refractivity contribution in [3.8, 4) is 0 Å². The van der Waals surface area contributed by atoms with E-state index in [9.17, 15) is 8.78 Å². The minimum atomic E-state index is -2.70. The third kappa shape index (κ3) is 3.05. The number of alkyl halides is 2. The maximum Gasteiger partial charge on any atom is 0.387 e. The molecule has 0 N–H and O–H groups in total. The number of rotatable bonds is 4. The Labute approximate surface area is 88.8 Å². The van der Waals surface area contributed by atoms with E-state index < -0.39 is 6.61 Å². The lowest BCUT2D eigenvalue weighted by Gasteiger charge is -2.19. The monoisotopic (exact) mass is 214 g/mol. The molecule has 0 bridgehead atoms. The van der Waals surface area contributed by atoms with Gasteiger partial charge in [0.1, 0.15) is 5.76 Å². The molecule has 15 heavy (non-hydrogen) atoms. The van der Waals surface area contributed by atoms with E-state index in [2.05, 4.69) is 17.7 Å². The standard InChI is InChI=1S/C12H16F2O/c1-8-2-5-11(15-12(13)14)10(6-8)7-9-3-4-9/h5-6,8-9,12H,2-4,7H2,1H3. The van der Waals surface area contributed by atoms with Gasteiger partial charge < -0.3 is 4.74 Å². The maximum atomic E-state index is 12.2. The van der Waals surface area contributed by atoms with Crippen molar-refractivity contribution >= 4 is 0 Å². The van der Waals surface area contributed by atoms with Crippen LogP contribution in [-0.2, 0) is 4.74 Å². The first-order chi connectivity index (χ1) is 7.15. The van der Waals surface area contributed by atoms with Crippen molar-refractivity contribution in [3.63, 3.8) is 0 Å². The lowest BCUT2D eigenvalue weighted by molar-refractivity contribution is -0.0943. The van der Waals surface area contributed by atoms with Crippen molar-refractivity contribution in [2.45, 2.75) is 39.2 Å². The van der Waals surface area contributed by atoms with Crippen molar-refractivity contribution in [2.24, 2.45) is 11.8 Å². The molecule has 0 aromatic rings. The van der Waals surface area contributed by atoms with Crippen LogP contribution in [-0.4, -0.2) is 6.61 Å². The molecule has 3 heteroatoms. The zero-order valence-electron chi connectivity index (χ0n) is 8.88. The van der Waals surface area contributed by atoms with Gasteiger partial charge in [-0.25, -0.2) is 0 Å². The third-order valence-corrected chi connectivity index (χ3v) is 2.90. The summed E-state index contributed by atoms with van der Waals surface area (Å²) in [5, 5.41) is 0. The Morgan fingerprint density at radius 3 is 2.80 bits per heavy atom. The van der Waals surface area contributed by atoms with Crippen LogP contribution in [0.2, 0.25) is 0 Å². The largest absolute Gasteiger partial charge is 0.435 e. The van der Waals surface area contributed by atoms with Crippen molar-refractivity contribution < 1.29 is 13.5 Å². The second-order valence-electron chi connectivity index (χ2n) is 4.50. The Bertz CT molecular complexity index is 290. The summed E-state index contributed by atoms with van der Waals surface area (Å²) in [4.78, 5) is 0. The number of ether oxygens (including phenoxy) is 1. The average Bonchev–Trinajstić information content (AvgIpc) is 2.93. The fourth-order valence-electron chi connectivity index (χ4n) is 1.94. The lowest BCUT2D eigenvalue weighted by Crippen LogP contribution is -2.08. The number of hydrogen-bond donors (Lipinski definition) is 0. The highest BCUT2D eigenvalue weighted by molar-refractivity contribution is 5.31. The zero-order chi connectivity index (χ0) is 10.8. The van der Waals surface area contributed by atoms with E-state index in [4.69, 9.17) is 0 Å². The molecule has 1 saturated carbocycles. The van der Waals surface area contributed by atoms with Gasteiger partial charge in [-0.1, -0.05) is 13.0 Å². The molecular weight excluding hydrogens is 198 g/mol. The number of allylic oxidation sites excluding steroid dienone is 3. The van der Waals surface area contributed by atoms with Crippen molar-refractivity contribution in [3.05, 3.63) is 23.5 Å². The lowest BCUT2D eigenvalue weighted by atomic mass is 9.93. The maximum absolute atomic E-state index is 12.2. The summed E-state index contributed by atoms with van der Waals surface area (Å²) >= 11 is 0.